The van der Waals surface area contributed by atoms with Gasteiger partial charge in [-0.2, -0.15) is 0 Å². The number of hydrogen-bond acceptors (Lipinski definition) is 12. The first-order chi connectivity index (χ1) is 21.3. The van der Waals surface area contributed by atoms with Gasteiger partial charge < -0.3 is 19.1 Å². The molecule has 0 saturated carbocycles. The van der Waals surface area contributed by atoms with Gasteiger partial charge in [-0.1, -0.05) is 35.4 Å². The van der Waals surface area contributed by atoms with E-state index in [9.17, 15) is 38.4 Å². The minimum Gasteiger partial charge on any atom is -0.466 e. The highest BCUT2D eigenvalue weighted by atomic mass is 16.5. The number of rotatable bonds is 8. The van der Waals surface area contributed by atoms with Crippen LogP contribution in [0.4, 0.5) is 0 Å². The van der Waals surface area contributed by atoms with Gasteiger partial charge >= 0.3 is 11.9 Å². The molecule has 2 unspecified atom stereocenters. The third-order valence-electron chi connectivity index (χ3n) is 6.35. The molecule has 0 radical (unpaired) electrons. The molecule has 4 rings (SSSR count). The molecule has 0 spiro atoms. The van der Waals surface area contributed by atoms with E-state index in [0.717, 1.165) is 17.4 Å². The molecular formula is C33H34O12. The van der Waals surface area contributed by atoms with Crippen molar-refractivity contribution in [2.24, 2.45) is 11.8 Å². The zero-order valence-corrected chi connectivity index (χ0v) is 25.6. The van der Waals surface area contributed by atoms with Crippen molar-refractivity contribution in [1.82, 2.24) is 0 Å². The molecule has 2 aromatic carbocycles. The van der Waals surface area contributed by atoms with Gasteiger partial charge in [-0.15, -0.1) is 0 Å². The number of esters is 2. The quantitative estimate of drug-likeness (QED) is 0.238. The smallest absolute Gasteiger partial charge is 0.313 e. The summed E-state index contributed by atoms with van der Waals surface area (Å²) in [4.78, 5) is 112. The van der Waals surface area contributed by atoms with Crippen molar-refractivity contribution in [3.63, 3.8) is 0 Å². The van der Waals surface area contributed by atoms with E-state index in [-0.39, 0.29) is 35.5 Å². The Labute approximate surface area is 259 Å². The van der Waals surface area contributed by atoms with Crippen molar-refractivity contribution in [2.45, 2.75) is 47.5 Å². The summed E-state index contributed by atoms with van der Waals surface area (Å²) in [5, 5.41) is 0. The highest BCUT2D eigenvalue weighted by Crippen LogP contribution is 2.30. The molecule has 45 heavy (non-hydrogen) atoms. The largest absolute Gasteiger partial charge is 0.466 e. The van der Waals surface area contributed by atoms with E-state index >= 15 is 0 Å². The van der Waals surface area contributed by atoms with Crippen LogP contribution in [-0.4, -0.2) is 72.9 Å². The number of aldehydes is 1. The molecule has 0 N–H and O–H groups in total. The summed E-state index contributed by atoms with van der Waals surface area (Å²) >= 11 is 0. The van der Waals surface area contributed by atoms with Crippen molar-refractivity contribution in [1.29, 1.82) is 0 Å². The Kier molecular flexibility index (Phi) is 14.9. The van der Waals surface area contributed by atoms with Crippen molar-refractivity contribution in [2.75, 3.05) is 13.2 Å². The Morgan fingerprint density at radius 3 is 1.22 bits per heavy atom. The van der Waals surface area contributed by atoms with Crippen LogP contribution in [0.3, 0.4) is 0 Å². The van der Waals surface area contributed by atoms with Gasteiger partial charge in [-0.3, -0.25) is 38.4 Å². The normalized spacial score (nSPS) is 15.5. The van der Waals surface area contributed by atoms with E-state index in [1.165, 1.54) is 6.92 Å². The molecule has 12 heteroatoms. The van der Waals surface area contributed by atoms with Crippen LogP contribution in [0.15, 0.2) is 36.4 Å². The van der Waals surface area contributed by atoms with Gasteiger partial charge in [0.05, 0.1) is 13.2 Å². The standard InChI is InChI=1S/2C15H14O5.C2H4O.CH2O/c2*1-3-20-12(17)7-11(16)13-14(18)9-5-4-8(2)6-10(9)15(13)19;1-2-3;1-2/h2*4-6,13H,3,7H2,1-2H3;2H,1H3;1H2. The molecule has 0 saturated heterocycles. The van der Waals surface area contributed by atoms with Crippen molar-refractivity contribution in [3.8, 4) is 0 Å². The lowest BCUT2D eigenvalue weighted by Crippen LogP contribution is -2.28. The average molecular weight is 623 g/mol. The minimum absolute atomic E-state index is 0.151. The van der Waals surface area contributed by atoms with Crippen LogP contribution in [0.25, 0.3) is 0 Å². The lowest BCUT2D eigenvalue weighted by molar-refractivity contribution is -0.147. The van der Waals surface area contributed by atoms with E-state index in [1.807, 2.05) is 6.79 Å². The number of carbonyl (C=O) groups is 10. The second-order valence-corrected chi connectivity index (χ2v) is 9.55. The van der Waals surface area contributed by atoms with E-state index in [4.69, 9.17) is 9.59 Å². The zero-order chi connectivity index (χ0) is 34.4. The van der Waals surface area contributed by atoms with Crippen LogP contribution in [0.2, 0.25) is 0 Å². The number of aryl methyl sites for hydroxylation is 2. The maximum atomic E-state index is 12.1. The van der Waals surface area contributed by atoms with E-state index in [2.05, 4.69) is 9.47 Å². The molecule has 2 aromatic rings. The topological polar surface area (TPSA) is 189 Å². The lowest BCUT2D eigenvalue weighted by Gasteiger charge is -2.05. The average Bonchev–Trinajstić information content (AvgIpc) is 3.38. The van der Waals surface area contributed by atoms with E-state index < -0.39 is 71.3 Å². The van der Waals surface area contributed by atoms with E-state index in [1.54, 1.807) is 64.1 Å². The summed E-state index contributed by atoms with van der Waals surface area (Å²) in [6.07, 6.45) is -0.355. The summed E-state index contributed by atoms with van der Waals surface area (Å²) in [5.74, 6) is -7.73. The number of benzene rings is 2. The maximum absolute atomic E-state index is 12.1. The van der Waals surface area contributed by atoms with Gasteiger partial charge in [0.15, 0.2) is 34.7 Å². The molecule has 12 nitrogen and oxygen atoms in total. The van der Waals surface area contributed by atoms with Gasteiger partial charge in [-0.05, 0) is 46.8 Å². The number of fused-ring (bicyclic) bond motifs is 2. The molecule has 2 aliphatic carbocycles. The molecule has 2 aliphatic rings. The van der Waals surface area contributed by atoms with Gasteiger partial charge in [0.2, 0.25) is 0 Å². The van der Waals surface area contributed by atoms with Gasteiger partial charge in [0.25, 0.3) is 0 Å². The van der Waals surface area contributed by atoms with Gasteiger partial charge in [0, 0.05) is 22.3 Å². The Bertz CT molecular complexity index is 1410. The number of hydrogen-bond donors (Lipinski definition) is 0. The molecule has 0 heterocycles. The SMILES string of the molecule is C=O.CC=O.CCOC(=O)CC(=O)C1C(=O)c2ccc(C)cc2C1=O.CCOC(=O)CC(=O)C1C(=O)c2ccc(C)cc2C1=O. The molecule has 2 atom stereocenters. The summed E-state index contributed by atoms with van der Waals surface area (Å²) in [5.41, 5.74) is 2.70. The molecule has 0 fully saturated rings. The van der Waals surface area contributed by atoms with Gasteiger partial charge in [-0.25, -0.2) is 0 Å². The Balaban J connectivity index is 0.000000394. The summed E-state index contributed by atoms with van der Waals surface area (Å²) < 4.78 is 9.31. The molecule has 238 valence electrons. The molecule has 0 aromatic heterocycles. The highest BCUT2D eigenvalue weighted by Gasteiger charge is 2.44. The predicted octanol–water partition coefficient (Wildman–Crippen LogP) is 3.05. The Morgan fingerprint density at radius 1 is 0.644 bits per heavy atom. The molecular weight excluding hydrogens is 588 g/mol. The van der Waals surface area contributed by atoms with Gasteiger partial charge in [0.1, 0.15) is 37.8 Å². The monoisotopic (exact) mass is 622 g/mol. The van der Waals surface area contributed by atoms with Crippen molar-refractivity contribution >= 4 is 59.7 Å². The summed E-state index contributed by atoms with van der Waals surface area (Å²) in [7, 11) is 0. The number of ketones is 6. The number of Topliss-reactive ketones (excluding diaryl/α,β-unsaturated/α-hetero) is 6. The second-order valence-electron chi connectivity index (χ2n) is 9.55. The highest BCUT2D eigenvalue weighted by molar-refractivity contribution is 6.37. The van der Waals surface area contributed by atoms with Crippen LogP contribution in [0.5, 0.6) is 0 Å². The second kappa shape index (κ2) is 17.8. The van der Waals surface area contributed by atoms with Crippen LogP contribution < -0.4 is 0 Å². The Hall–Kier alpha value is -5.26. The maximum Gasteiger partial charge on any atom is 0.313 e. The van der Waals surface area contributed by atoms with Crippen molar-refractivity contribution in [3.05, 3.63) is 69.8 Å². The zero-order valence-electron chi connectivity index (χ0n) is 25.6. The first-order valence-corrected chi connectivity index (χ1v) is 13.8. The summed E-state index contributed by atoms with van der Waals surface area (Å²) in [6, 6.07) is 9.69. The predicted molar refractivity (Wildman–Crippen MR) is 158 cm³/mol. The van der Waals surface area contributed by atoms with Crippen molar-refractivity contribution < 1.29 is 57.4 Å². The molecule has 0 amide bonds. The first-order valence-electron chi connectivity index (χ1n) is 13.8. The summed E-state index contributed by atoms with van der Waals surface area (Å²) in [6.45, 7) is 10.6. The first kappa shape index (κ1) is 37.8. The van der Waals surface area contributed by atoms with Crippen LogP contribution in [0, 0.1) is 25.7 Å². The van der Waals surface area contributed by atoms with Crippen LogP contribution in [0.1, 0.15) is 86.2 Å². The van der Waals surface area contributed by atoms with Crippen LogP contribution in [-0.2, 0) is 38.2 Å². The fraction of sp³-hybridized carbons (Fsp3) is 0.333. The third-order valence-corrected chi connectivity index (χ3v) is 6.35. The Morgan fingerprint density at radius 2 is 0.933 bits per heavy atom. The van der Waals surface area contributed by atoms with E-state index in [0.29, 0.717) is 0 Å². The molecule has 0 bridgehead atoms. The fourth-order valence-corrected chi connectivity index (χ4v) is 4.51. The number of carbonyl (C=O) groups excluding carboxylic acids is 10. The third kappa shape index (κ3) is 9.36. The number of ether oxygens (including phenoxy) is 2. The van der Waals surface area contributed by atoms with Crippen LogP contribution >= 0.6 is 0 Å². The molecule has 0 aliphatic heterocycles. The minimum atomic E-state index is -1.39. The fourth-order valence-electron chi connectivity index (χ4n) is 4.51. The lowest BCUT2D eigenvalue weighted by atomic mass is 9.96.